The highest BCUT2D eigenvalue weighted by Gasteiger charge is 2.59. The van der Waals surface area contributed by atoms with Crippen molar-refractivity contribution in [1.82, 2.24) is 10.6 Å². The summed E-state index contributed by atoms with van der Waals surface area (Å²) in [7, 11) is 0. The summed E-state index contributed by atoms with van der Waals surface area (Å²) in [5.41, 5.74) is -0.879. The maximum absolute atomic E-state index is 12.8. The van der Waals surface area contributed by atoms with Gasteiger partial charge in [-0.15, -0.1) is 0 Å². The summed E-state index contributed by atoms with van der Waals surface area (Å²) in [5, 5.41) is 100. The zero-order valence-corrected chi connectivity index (χ0v) is 35.4. The number of hydrogen-bond acceptors (Lipinski definition) is 16. The van der Waals surface area contributed by atoms with E-state index in [4.69, 9.17) is 23.7 Å². The molecule has 59 heavy (non-hydrogen) atoms. The third kappa shape index (κ3) is 17.6. The average molecular weight is 855 g/mol. The van der Waals surface area contributed by atoms with Crippen LogP contribution in [0.5, 0.6) is 0 Å². The van der Waals surface area contributed by atoms with Gasteiger partial charge < -0.3 is 80.3 Å². The molecule has 0 aliphatic carbocycles. The van der Waals surface area contributed by atoms with Crippen LogP contribution >= 0.6 is 0 Å². The van der Waals surface area contributed by atoms with Crippen molar-refractivity contribution in [2.45, 2.75) is 216 Å². The summed E-state index contributed by atoms with van der Waals surface area (Å²) in [6.45, 7) is 5.87. The minimum Gasteiger partial charge on any atom is -0.477 e. The molecule has 2 saturated heterocycles. The molecule has 2 fully saturated rings. The quantitative estimate of drug-likeness (QED) is 0.0507. The molecule has 19 heteroatoms. The molecule has 0 bridgehead atoms. The Kier molecular flexibility index (Phi) is 23.5. The van der Waals surface area contributed by atoms with Crippen LogP contribution in [0.4, 0.5) is 4.79 Å². The van der Waals surface area contributed by atoms with Gasteiger partial charge in [-0.1, -0.05) is 90.4 Å². The highest BCUT2D eigenvalue weighted by Crippen LogP contribution is 2.37. The summed E-state index contributed by atoms with van der Waals surface area (Å²) in [5.74, 6) is -5.59. The van der Waals surface area contributed by atoms with Crippen molar-refractivity contribution < 1.29 is 84.0 Å². The van der Waals surface area contributed by atoms with E-state index in [0.29, 0.717) is 6.42 Å². The molecule has 0 spiro atoms. The van der Waals surface area contributed by atoms with Gasteiger partial charge in [-0.3, -0.25) is 4.79 Å². The molecule has 2 aliphatic heterocycles. The predicted octanol–water partition coefficient (Wildman–Crippen LogP) is 0.712. The van der Waals surface area contributed by atoms with E-state index >= 15 is 0 Å². The number of carbonyl (C=O) groups excluding carboxylic acids is 2. The number of carboxylic acids is 1. The van der Waals surface area contributed by atoms with Gasteiger partial charge in [0.05, 0.1) is 44.1 Å². The van der Waals surface area contributed by atoms with Gasteiger partial charge in [-0.05, 0) is 27.2 Å². The van der Waals surface area contributed by atoms with E-state index in [2.05, 4.69) is 17.6 Å². The van der Waals surface area contributed by atoms with E-state index in [1.54, 1.807) is 20.8 Å². The number of carboxylic acid groups (broad SMARTS) is 1. The lowest BCUT2D eigenvalue weighted by Gasteiger charge is -2.50. The van der Waals surface area contributed by atoms with Crippen LogP contribution in [0.2, 0.25) is 0 Å². The molecule has 2 heterocycles. The molecule has 2 aliphatic rings. The fraction of sp³-hybridized carbons (Fsp3) is 0.925. The highest BCUT2D eigenvalue weighted by atomic mass is 16.8. The fourth-order valence-corrected chi connectivity index (χ4v) is 7.28. The maximum atomic E-state index is 12.8. The van der Waals surface area contributed by atoms with Crippen molar-refractivity contribution in [1.29, 1.82) is 0 Å². The predicted molar refractivity (Wildman–Crippen MR) is 211 cm³/mol. The largest absolute Gasteiger partial charge is 0.477 e. The number of hydrogen-bond donors (Lipinski definition) is 11. The van der Waals surface area contributed by atoms with Gasteiger partial charge >= 0.3 is 12.1 Å². The second-order valence-electron chi connectivity index (χ2n) is 16.9. The summed E-state index contributed by atoms with van der Waals surface area (Å²) < 4.78 is 28.2. The molecule has 0 radical (unpaired) electrons. The van der Waals surface area contributed by atoms with E-state index in [9.17, 15) is 60.3 Å². The first-order valence-corrected chi connectivity index (χ1v) is 21.2. The number of aliphatic hydroxyl groups is 8. The van der Waals surface area contributed by atoms with Crippen LogP contribution in [-0.2, 0) is 33.3 Å². The van der Waals surface area contributed by atoms with Gasteiger partial charge in [-0.2, -0.15) is 0 Å². The van der Waals surface area contributed by atoms with E-state index in [-0.39, 0.29) is 6.42 Å². The summed E-state index contributed by atoms with van der Waals surface area (Å²) in [4.78, 5) is 37.5. The van der Waals surface area contributed by atoms with Gasteiger partial charge in [0, 0.05) is 13.3 Å². The summed E-state index contributed by atoms with van der Waals surface area (Å²) in [6.07, 6.45) is -4.93. The lowest BCUT2D eigenvalue weighted by molar-refractivity contribution is -0.370. The van der Waals surface area contributed by atoms with Crippen molar-refractivity contribution in [3.63, 3.8) is 0 Å². The molecule has 2 rings (SSSR count). The van der Waals surface area contributed by atoms with E-state index in [1.807, 2.05) is 0 Å². The Balaban J connectivity index is 2.17. The van der Waals surface area contributed by atoms with Crippen LogP contribution in [-0.4, -0.2) is 168 Å². The van der Waals surface area contributed by atoms with Gasteiger partial charge in [0.15, 0.2) is 6.29 Å². The van der Waals surface area contributed by atoms with Crippen molar-refractivity contribution in [2.24, 2.45) is 0 Å². The van der Waals surface area contributed by atoms with Crippen molar-refractivity contribution >= 4 is 18.0 Å². The SMILES string of the molecule is CCCCCCCCCCCCCCC[C@@H](O)[C@H](CO[C@H]1O[C@H](CO)[C@H](O)[C@H](O[C@]2(C(=O)O)C[C@H](O)[C@@H](NC(C)=O)[C@H]([C@H](O)[C@H](O)CO)O2)[C@H]1O)NC(=O)OC(C)(C)C. The number of rotatable bonds is 27. The molecule has 346 valence electrons. The number of aliphatic carboxylic acids is 1. The van der Waals surface area contributed by atoms with Gasteiger partial charge in [0.1, 0.15) is 48.3 Å². The zero-order chi connectivity index (χ0) is 44.3. The lowest BCUT2D eigenvalue weighted by Crippen LogP contribution is -2.70. The van der Waals surface area contributed by atoms with Gasteiger partial charge in [-0.25, -0.2) is 9.59 Å². The number of unbranched alkanes of at least 4 members (excludes halogenated alkanes) is 12. The van der Waals surface area contributed by atoms with Crippen molar-refractivity contribution in [3.05, 3.63) is 0 Å². The summed E-state index contributed by atoms with van der Waals surface area (Å²) in [6, 6.07) is -2.61. The van der Waals surface area contributed by atoms with Gasteiger partial charge in [0.25, 0.3) is 5.79 Å². The van der Waals surface area contributed by atoms with E-state index < -0.39 is 129 Å². The van der Waals surface area contributed by atoms with E-state index in [1.165, 1.54) is 51.4 Å². The Hall–Kier alpha value is -2.27. The lowest BCUT2D eigenvalue weighted by atomic mass is 9.88. The third-order valence-corrected chi connectivity index (χ3v) is 10.5. The van der Waals surface area contributed by atoms with Crippen molar-refractivity contribution in [2.75, 3.05) is 19.8 Å². The van der Waals surface area contributed by atoms with Gasteiger partial charge in [0.2, 0.25) is 5.91 Å². The van der Waals surface area contributed by atoms with Crippen LogP contribution < -0.4 is 10.6 Å². The third-order valence-electron chi connectivity index (χ3n) is 10.5. The van der Waals surface area contributed by atoms with Crippen LogP contribution in [0.15, 0.2) is 0 Å². The number of amides is 2. The van der Waals surface area contributed by atoms with E-state index in [0.717, 1.165) is 32.6 Å². The Morgan fingerprint density at radius 3 is 1.90 bits per heavy atom. The first-order valence-electron chi connectivity index (χ1n) is 21.2. The number of ether oxygens (including phenoxy) is 5. The molecule has 0 saturated carbocycles. The number of carbonyl (C=O) groups is 3. The minimum absolute atomic E-state index is 0.275. The second kappa shape index (κ2) is 26.3. The molecule has 0 aromatic rings. The molecule has 0 aromatic carbocycles. The minimum atomic E-state index is -2.96. The molecular weight excluding hydrogens is 780 g/mol. The fourth-order valence-electron chi connectivity index (χ4n) is 7.28. The summed E-state index contributed by atoms with van der Waals surface area (Å²) >= 11 is 0. The Bertz CT molecular complexity index is 1230. The van der Waals surface area contributed by atoms with Crippen LogP contribution in [0.25, 0.3) is 0 Å². The standard InChI is InChI=1S/C40H74N2O17/c1-6-7-8-9-10-11-12-13-14-15-16-17-18-19-26(46)25(42-38(54)59-39(3,4)5)23-55-36-33(51)35(32(50)29(22-44)56-36)58-40(37(52)53)20-27(47)30(41-24(2)45)34(57-40)31(49)28(48)21-43/h25-36,43-44,46-51H,6-23H2,1-5H3,(H,41,45)(H,42,54)(H,52,53)/t25-,26+,27-,28+,29+,30+,31+,32-,33+,34+,35-,36-,40-/m0/s1. The number of alkyl carbamates (subject to hydrolysis) is 1. The first kappa shape index (κ1) is 52.9. The number of nitrogens with one attached hydrogen (secondary N) is 2. The molecule has 19 nitrogen and oxygen atoms in total. The molecule has 2 amide bonds. The average Bonchev–Trinajstić information content (AvgIpc) is 3.16. The molecule has 11 N–H and O–H groups in total. The maximum Gasteiger partial charge on any atom is 0.408 e. The van der Waals surface area contributed by atoms with Crippen LogP contribution in [0.3, 0.4) is 0 Å². The van der Waals surface area contributed by atoms with Crippen LogP contribution in [0, 0.1) is 0 Å². The molecule has 13 atom stereocenters. The topological polar surface area (TPSA) is 303 Å². The second-order valence-corrected chi connectivity index (χ2v) is 16.9. The number of aliphatic hydroxyl groups excluding tert-OH is 8. The molecule has 0 unspecified atom stereocenters. The Labute approximate surface area is 347 Å². The Morgan fingerprint density at radius 1 is 0.847 bits per heavy atom. The molecule has 0 aromatic heterocycles. The highest BCUT2D eigenvalue weighted by molar-refractivity contribution is 5.76. The zero-order valence-electron chi connectivity index (χ0n) is 35.4. The molecular formula is C40H74N2O17. The monoisotopic (exact) mass is 854 g/mol. The van der Waals surface area contributed by atoms with Crippen molar-refractivity contribution in [3.8, 4) is 0 Å². The smallest absolute Gasteiger partial charge is 0.408 e. The normalized spacial score (nSPS) is 29.6. The van der Waals surface area contributed by atoms with Crippen LogP contribution in [0.1, 0.15) is 131 Å². The first-order chi connectivity index (χ1) is 27.8. The Morgan fingerprint density at radius 2 is 1.41 bits per heavy atom.